The second-order valence-corrected chi connectivity index (χ2v) is 2.04. The van der Waals surface area contributed by atoms with Gasteiger partial charge < -0.3 is 10.7 Å². The first-order valence-corrected chi connectivity index (χ1v) is 2.93. The van der Waals surface area contributed by atoms with Crippen LogP contribution >= 0.6 is 0 Å². The van der Waals surface area contributed by atoms with Crippen LogP contribution in [0, 0.1) is 5.41 Å². The summed E-state index contributed by atoms with van der Waals surface area (Å²) in [6, 6.07) is 0.0972. The molecule has 0 aliphatic carbocycles. The van der Waals surface area contributed by atoms with E-state index in [1.165, 1.54) is 13.1 Å². The SMILES string of the molecule is CC(=O)N[C@H](C)CC=N. The van der Waals surface area contributed by atoms with Gasteiger partial charge in [-0.05, 0) is 13.1 Å². The Morgan fingerprint density at radius 3 is 2.78 bits per heavy atom. The average molecular weight is 128 g/mol. The molecule has 0 bridgehead atoms. The van der Waals surface area contributed by atoms with Crippen LogP contribution in [0.3, 0.4) is 0 Å². The summed E-state index contributed by atoms with van der Waals surface area (Å²) in [6.45, 7) is 3.34. The maximum atomic E-state index is 10.3. The molecule has 0 aliphatic heterocycles. The van der Waals surface area contributed by atoms with Gasteiger partial charge in [0.25, 0.3) is 0 Å². The molecule has 0 radical (unpaired) electrons. The van der Waals surface area contributed by atoms with Gasteiger partial charge in [-0.15, -0.1) is 0 Å². The highest BCUT2D eigenvalue weighted by Gasteiger charge is 1.98. The molecule has 1 amide bonds. The Balaban J connectivity index is 3.37. The highest BCUT2D eigenvalue weighted by Crippen LogP contribution is 1.84. The summed E-state index contributed by atoms with van der Waals surface area (Å²) < 4.78 is 0. The van der Waals surface area contributed by atoms with Gasteiger partial charge in [0.2, 0.25) is 5.91 Å². The van der Waals surface area contributed by atoms with E-state index >= 15 is 0 Å². The third-order valence-corrected chi connectivity index (χ3v) is 0.921. The molecular formula is C6H12N2O. The molecule has 0 saturated carbocycles. The van der Waals surface area contributed by atoms with Crippen molar-refractivity contribution in [2.75, 3.05) is 0 Å². The molecule has 0 rings (SSSR count). The molecule has 3 heteroatoms. The number of rotatable bonds is 3. The Bertz CT molecular complexity index is 112. The van der Waals surface area contributed by atoms with E-state index in [4.69, 9.17) is 5.41 Å². The normalized spacial score (nSPS) is 12.2. The van der Waals surface area contributed by atoms with E-state index in [9.17, 15) is 4.79 Å². The molecule has 52 valence electrons. The highest BCUT2D eigenvalue weighted by atomic mass is 16.1. The predicted octanol–water partition coefficient (Wildman–Crippen LogP) is 0.551. The average Bonchev–Trinajstić information content (AvgIpc) is 1.63. The largest absolute Gasteiger partial charge is 0.354 e. The Kier molecular flexibility index (Phi) is 3.67. The van der Waals surface area contributed by atoms with E-state index in [0.717, 1.165) is 0 Å². The number of hydrogen-bond donors (Lipinski definition) is 2. The molecule has 9 heavy (non-hydrogen) atoms. The first kappa shape index (κ1) is 8.14. The molecule has 1 atom stereocenters. The molecule has 0 unspecified atom stereocenters. The van der Waals surface area contributed by atoms with Gasteiger partial charge in [0.05, 0.1) is 0 Å². The standard InChI is InChI=1S/C6H12N2O/c1-5(3-4-7)8-6(2)9/h4-5,7H,3H2,1-2H3,(H,8,9)/t5-/m1/s1. The predicted molar refractivity (Wildman–Crippen MR) is 36.7 cm³/mol. The highest BCUT2D eigenvalue weighted by molar-refractivity contribution is 5.73. The van der Waals surface area contributed by atoms with Gasteiger partial charge in [-0.1, -0.05) is 0 Å². The molecule has 0 aromatic heterocycles. The lowest BCUT2D eigenvalue weighted by Crippen LogP contribution is -2.30. The number of carbonyl (C=O) groups is 1. The van der Waals surface area contributed by atoms with Crippen molar-refractivity contribution in [3.63, 3.8) is 0 Å². The van der Waals surface area contributed by atoms with Gasteiger partial charge in [0.1, 0.15) is 0 Å². The lowest BCUT2D eigenvalue weighted by atomic mass is 10.2. The minimum atomic E-state index is -0.0376. The van der Waals surface area contributed by atoms with Crippen LogP contribution < -0.4 is 5.32 Å². The van der Waals surface area contributed by atoms with Gasteiger partial charge in [0, 0.05) is 19.4 Å². The van der Waals surface area contributed by atoms with Crippen molar-refractivity contribution in [3.05, 3.63) is 0 Å². The molecule has 0 spiro atoms. The zero-order valence-electron chi connectivity index (χ0n) is 5.77. The van der Waals surface area contributed by atoms with Crippen molar-refractivity contribution in [1.82, 2.24) is 5.32 Å². The zero-order chi connectivity index (χ0) is 7.28. The molecule has 0 aromatic carbocycles. The van der Waals surface area contributed by atoms with Crippen molar-refractivity contribution < 1.29 is 4.79 Å². The van der Waals surface area contributed by atoms with Crippen LogP contribution in [0.2, 0.25) is 0 Å². The molecule has 0 heterocycles. The lowest BCUT2D eigenvalue weighted by molar-refractivity contribution is -0.119. The zero-order valence-corrected chi connectivity index (χ0v) is 5.77. The van der Waals surface area contributed by atoms with Crippen LogP contribution in [-0.2, 0) is 4.79 Å². The van der Waals surface area contributed by atoms with Gasteiger partial charge in [-0.25, -0.2) is 0 Å². The van der Waals surface area contributed by atoms with E-state index in [2.05, 4.69) is 5.32 Å². The topological polar surface area (TPSA) is 53.0 Å². The van der Waals surface area contributed by atoms with Gasteiger partial charge in [-0.2, -0.15) is 0 Å². The van der Waals surface area contributed by atoms with Crippen LogP contribution in [-0.4, -0.2) is 18.2 Å². The third kappa shape index (κ3) is 5.00. The Morgan fingerprint density at radius 1 is 1.89 bits per heavy atom. The summed E-state index contributed by atoms with van der Waals surface area (Å²) in [6.07, 6.45) is 1.90. The van der Waals surface area contributed by atoms with Crippen LogP contribution in [0.5, 0.6) is 0 Å². The number of nitrogens with one attached hydrogen (secondary N) is 2. The van der Waals surface area contributed by atoms with Gasteiger partial charge >= 0.3 is 0 Å². The van der Waals surface area contributed by atoms with Crippen LogP contribution in [0.15, 0.2) is 0 Å². The summed E-state index contributed by atoms with van der Waals surface area (Å²) in [5.41, 5.74) is 0. The number of amides is 1. The smallest absolute Gasteiger partial charge is 0.217 e. The van der Waals surface area contributed by atoms with Crippen LogP contribution in [0.25, 0.3) is 0 Å². The van der Waals surface area contributed by atoms with Crippen LogP contribution in [0.1, 0.15) is 20.3 Å². The second kappa shape index (κ2) is 4.06. The van der Waals surface area contributed by atoms with Crippen LogP contribution in [0.4, 0.5) is 0 Å². The molecule has 3 nitrogen and oxygen atoms in total. The van der Waals surface area contributed by atoms with E-state index in [0.29, 0.717) is 6.42 Å². The first-order chi connectivity index (χ1) is 4.16. The van der Waals surface area contributed by atoms with Crippen molar-refractivity contribution >= 4 is 12.1 Å². The first-order valence-electron chi connectivity index (χ1n) is 2.93. The maximum absolute atomic E-state index is 10.3. The summed E-state index contributed by atoms with van der Waals surface area (Å²) in [4.78, 5) is 10.3. The quantitative estimate of drug-likeness (QED) is 0.536. The third-order valence-electron chi connectivity index (χ3n) is 0.921. The maximum Gasteiger partial charge on any atom is 0.217 e. The van der Waals surface area contributed by atoms with E-state index < -0.39 is 0 Å². The minimum absolute atomic E-state index is 0.0376. The van der Waals surface area contributed by atoms with E-state index in [1.807, 2.05) is 6.92 Å². The fourth-order valence-electron chi connectivity index (χ4n) is 0.583. The van der Waals surface area contributed by atoms with Crippen molar-refractivity contribution in [1.29, 1.82) is 5.41 Å². The Morgan fingerprint density at radius 2 is 2.44 bits per heavy atom. The fourth-order valence-corrected chi connectivity index (χ4v) is 0.583. The van der Waals surface area contributed by atoms with Crippen molar-refractivity contribution in [2.45, 2.75) is 26.3 Å². The molecule has 0 saturated heterocycles. The van der Waals surface area contributed by atoms with Gasteiger partial charge in [0.15, 0.2) is 0 Å². The fraction of sp³-hybridized carbons (Fsp3) is 0.667. The summed E-state index contributed by atoms with van der Waals surface area (Å²) in [7, 11) is 0. The number of hydrogen-bond acceptors (Lipinski definition) is 2. The molecule has 0 aliphatic rings. The number of carbonyl (C=O) groups excluding carboxylic acids is 1. The summed E-state index contributed by atoms with van der Waals surface area (Å²) >= 11 is 0. The minimum Gasteiger partial charge on any atom is -0.354 e. The molecule has 0 aromatic rings. The van der Waals surface area contributed by atoms with Crippen molar-refractivity contribution in [3.8, 4) is 0 Å². The summed E-state index contributed by atoms with van der Waals surface area (Å²) in [5, 5.41) is 9.35. The monoisotopic (exact) mass is 128 g/mol. The Hall–Kier alpha value is -0.860. The van der Waals surface area contributed by atoms with Crippen molar-refractivity contribution in [2.24, 2.45) is 0 Å². The lowest BCUT2D eigenvalue weighted by Gasteiger charge is -2.07. The second-order valence-electron chi connectivity index (χ2n) is 2.04. The summed E-state index contributed by atoms with van der Waals surface area (Å²) in [5.74, 6) is -0.0376. The van der Waals surface area contributed by atoms with E-state index in [-0.39, 0.29) is 11.9 Å². The van der Waals surface area contributed by atoms with Gasteiger partial charge in [-0.3, -0.25) is 4.79 Å². The Labute approximate surface area is 55.0 Å². The molecule has 2 N–H and O–H groups in total. The van der Waals surface area contributed by atoms with E-state index in [1.54, 1.807) is 0 Å². The molecule has 0 fully saturated rings. The molecular weight excluding hydrogens is 116 g/mol.